The van der Waals surface area contributed by atoms with Gasteiger partial charge >= 0.3 is 0 Å². The van der Waals surface area contributed by atoms with Gasteiger partial charge < -0.3 is 11.1 Å². The summed E-state index contributed by atoms with van der Waals surface area (Å²) in [7, 11) is 0. The molecule has 1 heterocycles. The smallest absolute Gasteiger partial charge is 0.0378 e. The molecule has 0 amide bonds. The molecule has 4 unspecified atom stereocenters. The summed E-state index contributed by atoms with van der Waals surface area (Å²) in [6.45, 7) is 3.35. The van der Waals surface area contributed by atoms with Gasteiger partial charge in [0, 0.05) is 24.1 Å². The first-order valence-electron chi connectivity index (χ1n) is 8.19. The van der Waals surface area contributed by atoms with E-state index in [1.54, 1.807) is 6.20 Å². The number of rotatable bonds is 6. The molecule has 2 saturated carbocycles. The van der Waals surface area contributed by atoms with E-state index in [0.717, 1.165) is 36.4 Å². The van der Waals surface area contributed by atoms with Crippen LogP contribution in [0.25, 0.3) is 0 Å². The van der Waals surface area contributed by atoms with Gasteiger partial charge in [-0.15, -0.1) is 0 Å². The Bertz CT molecular complexity index is 446. The molecule has 0 spiro atoms. The van der Waals surface area contributed by atoms with E-state index in [-0.39, 0.29) is 0 Å². The number of hydrogen-bond donors (Lipinski definition) is 2. The van der Waals surface area contributed by atoms with Crippen LogP contribution in [0.5, 0.6) is 0 Å². The van der Waals surface area contributed by atoms with E-state index in [1.165, 1.54) is 37.7 Å². The Morgan fingerprint density at radius 3 is 2.95 bits per heavy atom. The van der Waals surface area contributed by atoms with Gasteiger partial charge in [0.2, 0.25) is 0 Å². The summed E-state index contributed by atoms with van der Waals surface area (Å²) in [6, 6.07) is 2.50. The Morgan fingerprint density at radius 1 is 1.40 bits per heavy atom. The highest BCUT2D eigenvalue weighted by atomic mass is 14.9. The summed E-state index contributed by atoms with van der Waals surface area (Å²) < 4.78 is 0. The number of nitrogens with two attached hydrogens (primary N) is 1. The maximum absolute atomic E-state index is 6.10. The summed E-state index contributed by atoms with van der Waals surface area (Å²) in [5.41, 5.74) is 8.21. The first kappa shape index (κ1) is 13.9. The molecule has 110 valence electrons. The van der Waals surface area contributed by atoms with Crippen LogP contribution in [-0.2, 0) is 6.42 Å². The van der Waals surface area contributed by atoms with Crippen LogP contribution in [-0.4, -0.2) is 17.6 Å². The summed E-state index contributed by atoms with van der Waals surface area (Å²) >= 11 is 0. The Hall–Kier alpha value is -1.09. The first-order valence-corrected chi connectivity index (χ1v) is 8.19. The molecule has 3 rings (SSSR count). The lowest BCUT2D eigenvalue weighted by Crippen LogP contribution is -2.41. The highest BCUT2D eigenvalue weighted by molar-refractivity contribution is 5.44. The normalized spacial score (nSPS) is 29.8. The predicted octanol–water partition coefficient (Wildman–Crippen LogP) is 3.01. The van der Waals surface area contributed by atoms with E-state index < -0.39 is 0 Å². The molecule has 20 heavy (non-hydrogen) atoms. The molecule has 2 aliphatic rings. The number of hydrogen-bond acceptors (Lipinski definition) is 3. The fourth-order valence-electron chi connectivity index (χ4n) is 4.34. The van der Waals surface area contributed by atoms with Crippen molar-refractivity contribution in [3.8, 4) is 0 Å². The molecule has 2 bridgehead atoms. The highest BCUT2D eigenvalue weighted by Gasteiger charge is 2.42. The van der Waals surface area contributed by atoms with Gasteiger partial charge in [-0.1, -0.05) is 13.3 Å². The Labute approximate surface area is 122 Å². The lowest BCUT2D eigenvalue weighted by molar-refractivity contribution is 0.247. The lowest BCUT2D eigenvalue weighted by Gasteiger charge is -2.31. The van der Waals surface area contributed by atoms with E-state index in [4.69, 9.17) is 5.73 Å². The molecule has 1 aromatic heterocycles. The van der Waals surface area contributed by atoms with Crippen LogP contribution < -0.4 is 11.1 Å². The third kappa shape index (κ3) is 2.83. The molecular weight excluding hydrogens is 246 g/mol. The predicted molar refractivity (Wildman–Crippen MR) is 83.4 cm³/mol. The molecule has 0 aliphatic heterocycles. The second-order valence-electron chi connectivity index (χ2n) is 6.68. The average molecular weight is 273 g/mol. The third-order valence-electron chi connectivity index (χ3n) is 5.35. The Balaban J connectivity index is 1.71. The van der Waals surface area contributed by atoms with Crippen LogP contribution in [0, 0.1) is 17.8 Å². The topological polar surface area (TPSA) is 50.9 Å². The fourth-order valence-corrected chi connectivity index (χ4v) is 4.34. The fraction of sp³-hybridized carbons (Fsp3) is 0.706. The number of nitrogens with one attached hydrogen (secondary N) is 1. The number of pyridine rings is 1. The molecule has 0 saturated heterocycles. The van der Waals surface area contributed by atoms with Gasteiger partial charge in [-0.05, 0) is 68.0 Å². The molecule has 2 fully saturated rings. The molecule has 0 radical (unpaired) electrons. The van der Waals surface area contributed by atoms with Crippen molar-refractivity contribution in [3.63, 3.8) is 0 Å². The summed E-state index contributed by atoms with van der Waals surface area (Å²) in [5, 5.41) is 3.79. The molecule has 3 N–H and O–H groups in total. The minimum absolute atomic E-state index is 0.580. The molecule has 3 nitrogen and oxygen atoms in total. The van der Waals surface area contributed by atoms with Crippen LogP contribution in [0.3, 0.4) is 0 Å². The van der Waals surface area contributed by atoms with Crippen molar-refractivity contribution in [1.82, 2.24) is 10.3 Å². The summed E-state index contributed by atoms with van der Waals surface area (Å²) in [5.74, 6) is 2.80. The zero-order valence-corrected chi connectivity index (χ0v) is 12.5. The minimum atomic E-state index is 0.580. The van der Waals surface area contributed by atoms with Crippen molar-refractivity contribution in [1.29, 1.82) is 0 Å². The van der Waals surface area contributed by atoms with Gasteiger partial charge in [-0.3, -0.25) is 4.98 Å². The second-order valence-corrected chi connectivity index (χ2v) is 6.68. The molecular formula is C17H27N3. The van der Waals surface area contributed by atoms with Gasteiger partial charge in [0.15, 0.2) is 0 Å². The van der Waals surface area contributed by atoms with Crippen molar-refractivity contribution >= 4 is 5.69 Å². The molecule has 1 aromatic rings. The van der Waals surface area contributed by atoms with Crippen molar-refractivity contribution in [2.45, 2.75) is 51.5 Å². The summed E-state index contributed by atoms with van der Waals surface area (Å²) in [4.78, 5) is 4.25. The van der Waals surface area contributed by atoms with Crippen LogP contribution in [0.1, 0.15) is 44.6 Å². The number of nitrogens with zero attached hydrogens (tertiary/aromatic N) is 1. The maximum Gasteiger partial charge on any atom is 0.0378 e. The molecule has 3 heteroatoms. The van der Waals surface area contributed by atoms with Crippen LogP contribution >= 0.6 is 0 Å². The number of nitrogen functional groups attached to an aromatic ring is 1. The lowest BCUT2D eigenvalue weighted by atomic mass is 9.81. The largest absolute Gasteiger partial charge is 0.398 e. The number of aromatic nitrogens is 1. The van der Waals surface area contributed by atoms with Crippen LogP contribution in [0.2, 0.25) is 0 Å². The van der Waals surface area contributed by atoms with Gasteiger partial charge in [0.05, 0.1) is 0 Å². The standard InChI is InChI=1S/C17H27N3/c1-2-6-20-17(10-14-11-19-7-5-16(14)18)15-9-12-3-4-13(15)8-12/h5,7,11-13,15,17,20H,2-4,6,8-10H2,1H3,(H2,18,19). The molecule has 4 atom stereocenters. The maximum atomic E-state index is 6.10. The van der Waals surface area contributed by atoms with E-state index >= 15 is 0 Å². The van der Waals surface area contributed by atoms with Gasteiger partial charge in [-0.2, -0.15) is 0 Å². The van der Waals surface area contributed by atoms with Crippen molar-refractivity contribution in [2.24, 2.45) is 17.8 Å². The second kappa shape index (κ2) is 6.13. The van der Waals surface area contributed by atoms with Gasteiger partial charge in [0.25, 0.3) is 0 Å². The SMILES string of the molecule is CCCNC(Cc1cnccc1N)C1CC2CCC1C2. The van der Waals surface area contributed by atoms with Crippen molar-refractivity contribution < 1.29 is 0 Å². The van der Waals surface area contributed by atoms with Crippen molar-refractivity contribution in [3.05, 3.63) is 24.0 Å². The van der Waals surface area contributed by atoms with Crippen molar-refractivity contribution in [2.75, 3.05) is 12.3 Å². The van der Waals surface area contributed by atoms with Crippen LogP contribution in [0.15, 0.2) is 18.5 Å². The Kier molecular flexibility index (Phi) is 4.25. The zero-order valence-electron chi connectivity index (χ0n) is 12.5. The van der Waals surface area contributed by atoms with Gasteiger partial charge in [-0.25, -0.2) is 0 Å². The number of fused-ring (bicyclic) bond motifs is 2. The van der Waals surface area contributed by atoms with E-state index in [1.807, 2.05) is 12.3 Å². The third-order valence-corrected chi connectivity index (χ3v) is 5.35. The monoisotopic (exact) mass is 273 g/mol. The van der Waals surface area contributed by atoms with E-state index in [9.17, 15) is 0 Å². The highest BCUT2D eigenvalue weighted by Crippen LogP contribution is 2.50. The quantitative estimate of drug-likeness (QED) is 0.837. The Morgan fingerprint density at radius 2 is 2.30 bits per heavy atom. The van der Waals surface area contributed by atoms with E-state index in [0.29, 0.717) is 6.04 Å². The minimum Gasteiger partial charge on any atom is -0.398 e. The van der Waals surface area contributed by atoms with Gasteiger partial charge in [0.1, 0.15) is 0 Å². The van der Waals surface area contributed by atoms with Crippen LogP contribution in [0.4, 0.5) is 5.69 Å². The molecule has 2 aliphatic carbocycles. The van der Waals surface area contributed by atoms with E-state index in [2.05, 4.69) is 17.2 Å². The average Bonchev–Trinajstić information content (AvgIpc) is 3.08. The first-order chi connectivity index (χ1) is 9.78. The summed E-state index contributed by atoms with van der Waals surface area (Å²) in [6.07, 6.45) is 11.8. The number of anilines is 1. The zero-order chi connectivity index (χ0) is 13.9. The molecule has 0 aromatic carbocycles.